The third-order valence-corrected chi connectivity index (χ3v) is 2.89. The van der Waals surface area contributed by atoms with Crippen molar-refractivity contribution >= 4 is 11.8 Å². The molecule has 0 aromatic carbocycles. The fourth-order valence-electron chi connectivity index (χ4n) is 1.60. The first-order valence-electron chi connectivity index (χ1n) is 5.60. The SMILES string of the molecule is COCCNC(=O)CNC(=O)C1(C#N)CCC1. The van der Waals surface area contributed by atoms with E-state index in [2.05, 4.69) is 10.6 Å². The van der Waals surface area contributed by atoms with Gasteiger partial charge in [-0.15, -0.1) is 0 Å². The van der Waals surface area contributed by atoms with E-state index in [1.54, 1.807) is 7.11 Å². The number of carbonyl (C=O) groups excluding carboxylic acids is 2. The number of ether oxygens (including phenoxy) is 1. The standard InChI is InChI=1S/C11H17N3O3/c1-17-6-5-13-9(15)7-14-10(16)11(8-12)3-2-4-11/h2-7H2,1H3,(H,13,15)(H,14,16). The van der Waals surface area contributed by atoms with Gasteiger partial charge in [0, 0.05) is 13.7 Å². The fourth-order valence-corrected chi connectivity index (χ4v) is 1.60. The quantitative estimate of drug-likeness (QED) is 0.615. The molecule has 1 fully saturated rings. The van der Waals surface area contributed by atoms with Gasteiger partial charge in [-0.3, -0.25) is 9.59 Å². The third-order valence-electron chi connectivity index (χ3n) is 2.89. The Morgan fingerprint density at radius 2 is 2.12 bits per heavy atom. The first-order valence-corrected chi connectivity index (χ1v) is 5.60. The molecule has 1 aliphatic carbocycles. The molecule has 1 aliphatic rings. The van der Waals surface area contributed by atoms with Gasteiger partial charge in [-0.1, -0.05) is 0 Å². The van der Waals surface area contributed by atoms with E-state index in [-0.39, 0.29) is 18.4 Å². The minimum absolute atomic E-state index is 0.0913. The second-order valence-electron chi connectivity index (χ2n) is 4.07. The van der Waals surface area contributed by atoms with Gasteiger partial charge in [0.05, 0.1) is 19.2 Å². The number of amides is 2. The molecule has 2 amide bonds. The summed E-state index contributed by atoms with van der Waals surface area (Å²) in [6.45, 7) is 0.752. The molecular formula is C11H17N3O3. The van der Waals surface area contributed by atoms with E-state index in [4.69, 9.17) is 10.00 Å². The summed E-state index contributed by atoms with van der Waals surface area (Å²) >= 11 is 0. The van der Waals surface area contributed by atoms with Crippen LogP contribution >= 0.6 is 0 Å². The normalized spacial score (nSPS) is 16.5. The Morgan fingerprint density at radius 3 is 2.59 bits per heavy atom. The lowest BCUT2D eigenvalue weighted by Gasteiger charge is -2.33. The molecule has 2 N–H and O–H groups in total. The molecule has 1 saturated carbocycles. The minimum Gasteiger partial charge on any atom is -0.383 e. The van der Waals surface area contributed by atoms with Gasteiger partial charge in [-0.25, -0.2) is 0 Å². The summed E-state index contributed by atoms with van der Waals surface area (Å²) in [5, 5.41) is 14.0. The van der Waals surface area contributed by atoms with Crippen LogP contribution in [0.5, 0.6) is 0 Å². The summed E-state index contributed by atoms with van der Waals surface area (Å²) in [4.78, 5) is 23.0. The zero-order valence-corrected chi connectivity index (χ0v) is 9.91. The van der Waals surface area contributed by atoms with Crippen molar-refractivity contribution in [3.05, 3.63) is 0 Å². The van der Waals surface area contributed by atoms with Crippen molar-refractivity contribution < 1.29 is 14.3 Å². The average molecular weight is 239 g/mol. The molecule has 0 aromatic heterocycles. The van der Waals surface area contributed by atoms with Crippen molar-refractivity contribution in [2.45, 2.75) is 19.3 Å². The van der Waals surface area contributed by atoms with Gasteiger partial charge in [0.1, 0.15) is 5.41 Å². The number of nitriles is 1. The zero-order valence-electron chi connectivity index (χ0n) is 9.91. The lowest BCUT2D eigenvalue weighted by Crippen LogP contribution is -2.47. The summed E-state index contributed by atoms with van der Waals surface area (Å²) in [6, 6.07) is 2.03. The van der Waals surface area contributed by atoms with E-state index >= 15 is 0 Å². The highest BCUT2D eigenvalue weighted by atomic mass is 16.5. The molecule has 0 aromatic rings. The second kappa shape index (κ2) is 6.21. The van der Waals surface area contributed by atoms with Crippen molar-refractivity contribution in [3.63, 3.8) is 0 Å². The van der Waals surface area contributed by atoms with Crippen molar-refractivity contribution in [2.24, 2.45) is 5.41 Å². The van der Waals surface area contributed by atoms with E-state index in [9.17, 15) is 9.59 Å². The predicted octanol–water partition coefficient (Wildman–Crippen LogP) is -0.441. The number of methoxy groups -OCH3 is 1. The largest absolute Gasteiger partial charge is 0.383 e. The molecule has 94 valence electrons. The number of hydrogen-bond donors (Lipinski definition) is 2. The lowest BCUT2D eigenvalue weighted by molar-refractivity contribution is -0.133. The van der Waals surface area contributed by atoms with Crippen LogP contribution in [0, 0.1) is 16.7 Å². The van der Waals surface area contributed by atoms with Gasteiger partial charge in [-0.2, -0.15) is 5.26 Å². The van der Waals surface area contributed by atoms with Crippen LogP contribution in [0.3, 0.4) is 0 Å². The summed E-state index contributed by atoms with van der Waals surface area (Å²) < 4.78 is 4.77. The average Bonchev–Trinajstić information content (AvgIpc) is 2.26. The first kappa shape index (κ1) is 13.5. The molecule has 17 heavy (non-hydrogen) atoms. The molecule has 0 heterocycles. The van der Waals surface area contributed by atoms with E-state index in [0.29, 0.717) is 26.0 Å². The van der Waals surface area contributed by atoms with Gasteiger partial charge < -0.3 is 15.4 Å². The van der Waals surface area contributed by atoms with Crippen LogP contribution in [0.1, 0.15) is 19.3 Å². The Bertz CT molecular complexity index is 331. The highest BCUT2D eigenvalue weighted by Gasteiger charge is 2.44. The Morgan fingerprint density at radius 1 is 1.41 bits per heavy atom. The molecule has 0 spiro atoms. The van der Waals surface area contributed by atoms with Crippen molar-refractivity contribution in [1.29, 1.82) is 5.26 Å². The van der Waals surface area contributed by atoms with E-state index in [1.165, 1.54) is 0 Å². The first-order chi connectivity index (χ1) is 8.14. The van der Waals surface area contributed by atoms with E-state index < -0.39 is 5.41 Å². The highest BCUT2D eigenvalue weighted by molar-refractivity contribution is 5.90. The monoisotopic (exact) mass is 239 g/mol. The maximum absolute atomic E-state index is 11.7. The second-order valence-corrected chi connectivity index (χ2v) is 4.07. The van der Waals surface area contributed by atoms with E-state index in [1.807, 2.05) is 6.07 Å². The molecule has 6 nitrogen and oxygen atoms in total. The Labute approximate surface area is 100 Å². The van der Waals surface area contributed by atoms with Gasteiger partial charge in [0.15, 0.2) is 0 Å². The van der Waals surface area contributed by atoms with Gasteiger partial charge >= 0.3 is 0 Å². The molecule has 0 aliphatic heterocycles. The van der Waals surface area contributed by atoms with Crippen molar-refractivity contribution in [3.8, 4) is 6.07 Å². The topological polar surface area (TPSA) is 91.2 Å². The van der Waals surface area contributed by atoms with Crippen LogP contribution < -0.4 is 10.6 Å². The van der Waals surface area contributed by atoms with Gasteiger partial charge in [0.2, 0.25) is 11.8 Å². The zero-order chi connectivity index (χ0) is 12.7. The number of carbonyl (C=O) groups is 2. The maximum atomic E-state index is 11.7. The predicted molar refractivity (Wildman–Crippen MR) is 59.8 cm³/mol. The summed E-state index contributed by atoms with van der Waals surface area (Å²) in [5.74, 6) is -0.615. The minimum atomic E-state index is -0.896. The van der Waals surface area contributed by atoms with Crippen LogP contribution in [0.25, 0.3) is 0 Å². The molecule has 0 atom stereocenters. The molecule has 0 radical (unpaired) electrons. The molecule has 0 bridgehead atoms. The Balaban J connectivity index is 2.24. The third kappa shape index (κ3) is 3.43. The van der Waals surface area contributed by atoms with Crippen molar-refractivity contribution in [1.82, 2.24) is 10.6 Å². The van der Waals surface area contributed by atoms with E-state index in [0.717, 1.165) is 6.42 Å². The number of nitrogens with one attached hydrogen (secondary N) is 2. The molecule has 0 unspecified atom stereocenters. The van der Waals surface area contributed by atoms with Crippen molar-refractivity contribution in [2.75, 3.05) is 26.8 Å². The molecular weight excluding hydrogens is 222 g/mol. The summed E-state index contributed by atoms with van der Waals surface area (Å²) in [6.07, 6.45) is 2.06. The van der Waals surface area contributed by atoms with Crippen LogP contribution in [0.15, 0.2) is 0 Å². The van der Waals surface area contributed by atoms with Gasteiger partial charge in [-0.05, 0) is 19.3 Å². The van der Waals surface area contributed by atoms with Crippen LogP contribution in [0.4, 0.5) is 0 Å². The summed E-state index contributed by atoms with van der Waals surface area (Å²) in [7, 11) is 1.54. The highest BCUT2D eigenvalue weighted by Crippen LogP contribution is 2.40. The molecule has 6 heteroatoms. The Kier molecular flexibility index (Phi) is 4.91. The number of hydrogen-bond acceptors (Lipinski definition) is 4. The number of nitrogens with zero attached hydrogens (tertiary/aromatic N) is 1. The molecule has 1 rings (SSSR count). The fraction of sp³-hybridized carbons (Fsp3) is 0.727. The lowest BCUT2D eigenvalue weighted by atomic mass is 9.69. The smallest absolute Gasteiger partial charge is 0.240 e. The molecule has 0 saturated heterocycles. The van der Waals surface area contributed by atoms with Crippen LogP contribution in [-0.4, -0.2) is 38.6 Å². The Hall–Kier alpha value is -1.61. The van der Waals surface area contributed by atoms with Crippen LogP contribution in [0.2, 0.25) is 0 Å². The van der Waals surface area contributed by atoms with Gasteiger partial charge in [0.25, 0.3) is 0 Å². The summed E-state index contributed by atoms with van der Waals surface area (Å²) in [5.41, 5.74) is -0.896. The van der Waals surface area contributed by atoms with Crippen LogP contribution in [-0.2, 0) is 14.3 Å². The number of rotatable bonds is 6. The maximum Gasteiger partial charge on any atom is 0.240 e.